The Morgan fingerprint density at radius 3 is 2.64 bits per heavy atom. The van der Waals surface area contributed by atoms with Crippen LogP contribution in [0.25, 0.3) is 0 Å². The van der Waals surface area contributed by atoms with E-state index in [0.29, 0.717) is 0 Å². The van der Waals surface area contributed by atoms with E-state index in [-0.39, 0.29) is 0 Å². The Hall–Kier alpha value is -0.550. The minimum absolute atomic E-state index is 0.508. The first-order chi connectivity index (χ1) is 10.7. The van der Waals surface area contributed by atoms with Crippen LogP contribution in [0.3, 0.4) is 0 Å². The number of thioether (sulfide) groups is 1. The van der Waals surface area contributed by atoms with E-state index >= 15 is 0 Å². The SMILES string of the molecule is CSc1ccccc1CN1CC[C@@](O)(CN2CCCCC2)C1. The highest BCUT2D eigenvalue weighted by molar-refractivity contribution is 7.98. The molecule has 2 aliphatic rings. The van der Waals surface area contributed by atoms with E-state index in [4.69, 9.17) is 0 Å². The molecule has 1 aromatic rings. The molecule has 1 aromatic carbocycles. The molecule has 4 heteroatoms. The monoisotopic (exact) mass is 320 g/mol. The Labute approximate surface area is 138 Å². The minimum atomic E-state index is -0.508. The number of piperidine rings is 1. The molecule has 1 N–H and O–H groups in total. The van der Waals surface area contributed by atoms with E-state index in [1.807, 2.05) is 11.8 Å². The Morgan fingerprint density at radius 2 is 1.86 bits per heavy atom. The molecule has 3 rings (SSSR count). The summed E-state index contributed by atoms with van der Waals surface area (Å²) >= 11 is 1.81. The summed E-state index contributed by atoms with van der Waals surface area (Å²) in [5, 5.41) is 10.9. The third-order valence-corrected chi connectivity index (χ3v) is 5.80. The van der Waals surface area contributed by atoms with Crippen LogP contribution < -0.4 is 0 Å². The van der Waals surface area contributed by atoms with Crippen molar-refractivity contribution in [1.82, 2.24) is 9.80 Å². The number of nitrogens with zero attached hydrogens (tertiary/aromatic N) is 2. The van der Waals surface area contributed by atoms with Gasteiger partial charge in [0.1, 0.15) is 0 Å². The van der Waals surface area contributed by atoms with Crippen molar-refractivity contribution >= 4 is 11.8 Å². The first kappa shape index (κ1) is 16.3. The summed E-state index contributed by atoms with van der Waals surface area (Å²) in [6.07, 6.45) is 6.98. The first-order valence-electron chi connectivity index (χ1n) is 8.47. The van der Waals surface area contributed by atoms with Gasteiger partial charge in [0.25, 0.3) is 0 Å². The Kier molecular flexibility index (Phi) is 5.45. The largest absolute Gasteiger partial charge is 0.387 e. The van der Waals surface area contributed by atoms with Crippen LogP contribution >= 0.6 is 11.8 Å². The molecular formula is C18H28N2OS. The molecule has 0 aromatic heterocycles. The van der Waals surface area contributed by atoms with Gasteiger partial charge in [0.05, 0.1) is 5.60 Å². The molecule has 0 unspecified atom stereocenters. The summed E-state index contributed by atoms with van der Waals surface area (Å²) in [5.41, 5.74) is 0.878. The molecule has 0 amide bonds. The van der Waals surface area contributed by atoms with Gasteiger partial charge in [-0.25, -0.2) is 0 Å². The maximum atomic E-state index is 10.9. The highest BCUT2D eigenvalue weighted by Gasteiger charge is 2.37. The summed E-state index contributed by atoms with van der Waals surface area (Å²) in [6.45, 7) is 5.96. The summed E-state index contributed by atoms with van der Waals surface area (Å²) in [5.74, 6) is 0. The van der Waals surface area contributed by atoms with Gasteiger partial charge in [0.15, 0.2) is 0 Å². The van der Waals surface area contributed by atoms with Crippen LogP contribution in [-0.2, 0) is 6.54 Å². The van der Waals surface area contributed by atoms with Gasteiger partial charge in [-0.05, 0) is 50.2 Å². The molecule has 0 spiro atoms. The van der Waals surface area contributed by atoms with Crippen molar-refractivity contribution in [2.45, 2.75) is 42.7 Å². The van der Waals surface area contributed by atoms with Crippen LogP contribution in [0.5, 0.6) is 0 Å². The van der Waals surface area contributed by atoms with E-state index in [1.165, 1.54) is 29.7 Å². The molecule has 0 bridgehead atoms. The maximum absolute atomic E-state index is 10.9. The third kappa shape index (κ3) is 4.05. The van der Waals surface area contributed by atoms with Crippen molar-refractivity contribution in [3.05, 3.63) is 29.8 Å². The molecule has 0 saturated carbocycles. The smallest absolute Gasteiger partial charge is 0.0912 e. The number of likely N-dealkylation sites (tertiary alicyclic amines) is 2. The second-order valence-corrected chi connectivity index (χ2v) is 7.68. The lowest BCUT2D eigenvalue weighted by Crippen LogP contribution is -2.46. The van der Waals surface area contributed by atoms with Gasteiger partial charge < -0.3 is 10.0 Å². The molecule has 2 fully saturated rings. The van der Waals surface area contributed by atoms with E-state index < -0.39 is 5.60 Å². The average molecular weight is 321 g/mol. The van der Waals surface area contributed by atoms with E-state index in [2.05, 4.69) is 40.3 Å². The molecule has 0 radical (unpaired) electrons. The number of hydrogen-bond donors (Lipinski definition) is 1. The number of hydrogen-bond acceptors (Lipinski definition) is 4. The fourth-order valence-corrected chi connectivity index (χ4v) is 4.42. The fraction of sp³-hybridized carbons (Fsp3) is 0.667. The standard InChI is InChI=1S/C18H28N2OS/c1-22-17-8-4-3-7-16(17)13-20-12-9-18(21,15-20)14-19-10-5-2-6-11-19/h3-4,7-8,21H,2,5-6,9-15H2,1H3/t18-/m1/s1. The number of rotatable bonds is 5. The second-order valence-electron chi connectivity index (χ2n) is 6.83. The zero-order valence-electron chi connectivity index (χ0n) is 13.6. The lowest BCUT2D eigenvalue weighted by molar-refractivity contribution is 0.00630. The van der Waals surface area contributed by atoms with Gasteiger partial charge in [0, 0.05) is 31.1 Å². The number of aliphatic hydroxyl groups is 1. The van der Waals surface area contributed by atoms with Crippen molar-refractivity contribution in [3.63, 3.8) is 0 Å². The molecule has 0 aliphatic carbocycles. The molecule has 122 valence electrons. The topological polar surface area (TPSA) is 26.7 Å². The Morgan fingerprint density at radius 1 is 1.09 bits per heavy atom. The van der Waals surface area contributed by atoms with Gasteiger partial charge >= 0.3 is 0 Å². The van der Waals surface area contributed by atoms with E-state index in [9.17, 15) is 5.11 Å². The zero-order chi connectivity index (χ0) is 15.4. The highest BCUT2D eigenvalue weighted by atomic mass is 32.2. The highest BCUT2D eigenvalue weighted by Crippen LogP contribution is 2.27. The Balaban J connectivity index is 1.57. The zero-order valence-corrected chi connectivity index (χ0v) is 14.4. The summed E-state index contributed by atoms with van der Waals surface area (Å²) in [7, 11) is 0. The number of β-amino-alcohol motifs (C(OH)–C–C–N with tert-alkyl or cyclic N) is 1. The average Bonchev–Trinajstić information content (AvgIpc) is 2.89. The van der Waals surface area contributed by atoms with Crippen molar-refractivity contribution in [1.29, 1.82) is 0 Å². The maximum Gasteiger partial charge on any atom is 0.0912 e. The van der Waals surface area contributed by atoms with Gasteiger partial charge in [-0.3, -0.25) is 4.90 Å². The van der Waals surface area contributed by atoms with Gasteiger partial charge in [-0.1, -0.05) is 24.6 Å². The summed E-state index contributed by atoms with van der Waals surface area (Å²) < 4.78 is 0. The lowest BCUT2D eigenvalue weighted by Gasteiger charge is -2.33. The van der Waals surface area contributed by atoms with Crippen molar-refractivity contribution in [3.8, 4) is 0 Å². The molecule has 22 heavy (non-hydrogen) atoms. The van der Waals surface area contributed by atoms with Crippen molar-refractivity contribution < 1.29 is 5.11 Å². The van der Waals surface area contributed by atoms with Crippen LogP contribution in [0.2, 0.25) is 0 Å². The van der Waals surface area contributed by atoms with Gasteiger partial charge in [-0.15, -0.1) is 11.8 Å². The quantitative estimate of drug-likeness (QED) is 0.844. The molecular weight excluding hydrogens is 292 g/mol. The van der Waals surface area contributed by atoms with Crippen LogP contribution in [0.15, 0.2) is 29.2 Å². The van der Waals surface area contributed by atoms with Crippen LogP contribution in [0, 0.1) is 0 Å². The van der Waals surface area contributed by atoms with Crippen LogP contribution in [-0.4, -0.2) is 59.5 Å². The van der Waals surface area contributed by atoms with Crippen molar-refractivity contribution in [2.24, 2.45) is 0 Å². The van der Waals surface area contributed by atoms with Crippen molar-refractivity contribution in [2.75, 3.05) is 39.0 Å². The van der Waals surface area contributed by atoms with Gasteiger partial charge in [0.2, 0.25) is 0 Å². The summed E-state index contributed by atoms with van der Waals surface area (Å²) in [6, 6.07) is 8.63. The molecule has 1 atom stereocenters. The predicted molar refractivity (Wildman–Crippen MR) is 93.4 cm³/mol. The molecule has 2 heterocycles. The lowest BCUT2D eigenvalue weighted by atomic mass is 10.0. The van der Waals surface area contributed by atoms with E-state index in [1.54, 1.807) is 0 Å². The normalized spacial score (nSPS) is 27.4. The van der Waals surface area contributed by atoms with E-state index in [0.717, 1.165) is 45.7 Å². The third-order valence-electron chi connectivity index (χ3n) is 4.96. The Bertz CT molecular complexity index is 490. The fourth-order valence-electron chi connectivity index (χ4n) is 3.81. The molecule has 2 saturated heterocycles. The minimum Gasteiger partial charge on any atom is -0.387 e. The molecule has 3 nitrogen and oxygen atoms in total. The molecule has 2 aliphatic heterocycles. The second kappa shape index (κ2) is 7.35. The van der Waals surface area contributed by atoms with Gasteiger partial charge in [-0.2, -0.15) is 0 Å². The first-order valence-corrected chi connectivity index (χ1v) is 9.70. The predicted octanol–water partition coefficient (Wildman–Crippen LogP) is 2.83. The van der Waals surface area contributed by atoms with Crippen LogP contribution in [0.1, 0.15) is 31.2 Å². The number of benzene rings is 1. The summed E-state index contributed by atoms with van der Waals surface area (Å²) in [4.78, 5) is 6.23. The van der Waals surface area contributed by atoms with Crippen LogP contribution in [0.4, 0.5) is 0 Å².